The fraction of sp³-hybridized carbons (Fsp3) is 0.571. The Balaban J connectivity index is 2.58. The molecule has 0 aliphatic heterocycles. The van der Waals surface area contributed by atoms with Gasteiger partial charge in [-0.2, -0.15) is 0 Å². The van der Waals surface area contributed by atoms with Crippen LogP contribution in [0.2, 0.25) is 0 Å². The van der Waals surface area contributed by atoms with Crippen LogP contribution in [0.1, 0.15) is 32.8 Å². The van der Waals surface area contributed by atoms with Crippen molar-refractivity contribution in [1.29, 1.82) is 0 Å². The second-order valence-corrected chi connectivity index (χ2v) is 5.52. The van der Waals surface area contributed by atoms with Crippen LogP contribution >= 0.6 is 0 Å². The molecule has 17 heavy (non-hydrogen) atoms. The number of anilines is 2. The van der Waals surface area contributed by atoms with Crippen LogP contribution in [0.5, 0.6) is 0 Å². The molecule has 0 aliphatic rings. The van der Waals surface area contributed by atoms with Crippen molar-refractivity contribution in [2.24, 2.45) is 5.92 Å². The van der Waals surface area contributed by atoms with Gasteiger partial charge in [-0.3, -0.25) is 0 Å². The molecule has 0 saturated carbocycles. The Bertz CT molecular complexity index is 372. The van der Waals surface area contributed by atoms with E-state index in [0.717, 1.165) is 23.4 Å². The largest absolute Gasteiger partial charge is 0.398 e. The van der Waals surface area contributed by atoms with Crippen molar-refractivity contribution in [3.05, 3.63) is 23.8 Å². The number of hydrogen-bond acceptors (Lipinski definition) is 3. The van der Waals surface area contributed by atoms with E-state index in [-0.39, 0.29) is 0 Å². The number of benzene rings is 1. The molecule has 0 aromatic heterocycles. The first-order chi connectivity index (χ1) is 7.80. The highest BCUT2D eigenvalue weighted by Crippen LogP contribution is 2.20. The van der Waals surface area contributed by atoms with E-state index in [2.05, 4.69) is 19.2 Å². The maximum Gasteiger partial charge on any atom is 0.0793 e. The van der Waals surface area contributed by atoms with Gasteiger partial charge in [-0.05, 0) is 43.9 Å². The molecule has 4 N–H and O–H groups in total. The fourth-order valence-electron chi connectivity index (χ4n) is 1.99. The van der Waals surface area contributed by atoms with Crippen LogP contribution in [-0.2, 0) is 0 Å². The van der Waals surface area contributed by atoms with Gasteiger partial charge in [0.05, 0.1) is 5.60 Å². The van der Waals surface area contributed by atoms with Gasteiger partial charge in [-0.15, -0.1) is 0 Å². The molecule has 1 atom stereocenters. The van der Waals surface area contributed by atoms with Crippen LogP contribution < -0.4 is 11.1 Å². The summed E-state index contributed by atoms with van der Waals surface area (Å²) in [6.07, 6.45) is 0.779. The van der Waals surface area contributed by atoms with Crippen molar-refractivity contribution in [3.63, 3.8) is 0 Å². The van der Waals surface area contributed by atoms with E-state index in [4.69, 9.17) is 5.73 Å². The van der Waals surface area contributed by atoms with Gasteiger partial charge < -0.3 is 16.2 Å². The fourth-order valence-corrected chi connectivity index (χ4v) is 1.99. The lowest BCUT2D eigenvalue weighted by atomic mass is 9.94. The molecule has 96 valence electrons. The summed E-state index contributed by atoms with van der Waals surface area (Å²) in [5.74, 6) is 0.481. The third-order valence-corrected chi connectivity index (χ3v) is 2.80. The Kier molecular flexibility index (Phi) is 4.40. The molecule has 0 fully saturated rings. The zero-order valence-corrected chi connectivity index (χ0v) is 11.2. The average molecular weight is 236 g/mol. The molecule has 1 aromatic carbocycles. The topological polar surface area (TPSA) is 58.3 Å². The van der Waals surface area contributed by atoms with Gasteiger partial charge in [0.15, 0.2) is 0 Å². The Morgan fingerprint density at radius 2 is 2.06 bits per heavy atom. The monoisotopic (exact) mass is 236 g/mol. The van der Waals surface area contributed by atoms with Crippen molar-refractivity contribution in [3.8, 4) is 0 Å². The molecule has 1 rings (SSSR count). The van der Waals surface area contributed by atoms with Gasteiger partial charge in [-0.25, -0.2) is 0 Å². The Hall–Kier alpha value is -1.22. The standard InChI is InChI=1S/C14H24N2O/c1-10(2)8-14(4,17)9-16-12-6-5-11(3)13(15)7-12/h5-7,10,16-17H,8-9,15H2,1-4H3. The summed E-state index contributed by atoms with van der Waals surface area (Å²) < 4.78 is 0. The van der Waals surface area contributed by atoms with E-state index in [1.807, 2.05) is 32.0 Å². The van der Waals surface area contributed by atoms with Crippen LogP contribution in [0.3, 0.4) is 0 Å². The zero-order chi connectivity index (χ0) is 13.1. The lowest BCUT2D eigenvalue weighted by Crippen LogP contribution is -2.34. The predicted octanol–water partition coefficient (Wildman–Crippen LogP) is 2.79. The van der Waals surface area contributed by atoms with E-state index in [9.17, 15) is 5.11 Å². The molecule has 3 nitrogen and oxygen atoms in total. The summed E-state index contributed by atoms with van der Waals surface area (Å²) in [7, 11) is 0. The lowest BCUT2D eigenvalue weighted by molar-refractivity contribution is 0.0515. The molecule has 0 spiro atoms. The third-order valence-electron chi connectivity index (χ3n) is 2.80. The normalized spacial score (nSPS) is 14.7. The molecule has 3 heteroatoms. The summed E-state index contributed by atoms with van der Waals surface area (Å²) in [4.78, 5) is 0. The Labute approximate surface area is 104 Å². The second kappa shape index (κ2) is 5.41. The van der Waals surface area contributed by atoms with Crippen molar-refractivity contribution in [1.82, 2.24) is 0 Å². The molecule has 0 amide bonds. The first kappa shape index (κ1) is 13.8. The van der Waals surface area contributed by atoms with Gasteiger partial charge in [0.25, 0.3) is 0 Å². The summed E-state index contributed by atoms with van der Waals surface area (Å²) in [5.41, 5.74) is 7.96. The van der Waals surface area contributed by atoms with Crippen LogP contribution in [0, 0.1) is 12.8 Å². The predicted molar refractivity (Wildman–Crippen MR) is 74.2 cm³/mol. The van der Waals surface area contributed by atoms with Crippen LogP contribution in [-0.4, -0.2) is 17.3 Å². The summed E-state index contributed by atoms with van der Waals surface area (Å²) >= 11 is 0. The molecule has 0 aliphatic carbocycles. The van der Waals surface area contributed by atoms with E-state index in [1.54, 1.807) is 0 Å². The number of nitrogens with one attached hydrogen (secondary N) is 1. The minimum atomic E-state index is -0.687. The van der Waals surface area contributed by atoms with Gasteiger partial charge in [0, 0.05) is 17.9 Å². The maximum atomic E-state index is 10.2. The molecule has 0 bridgehead atoms. The summed E-state index contributed by atoms with van der Waals surface area (Å²) in [6.45, 7) is 8.59. The van der Waals surface area contributed by atoms with E-state index in [1.165, 1.54) is 0 Å². The minimum absolute atomic E-state index is 0.481. The number of nitrogens with two attached hydrogens (primary N) is 1. The summed E-state index contributed by atoms with van der Waals surface area (Å²) in [5, 5.41) is 13.4. The van der Waals surface area contributed by atoms with E-state index >= 15 is 0 Å². The molecule has 0 heterocycles. The first-order valence-electron chi connectivity index (χ1n) is 6.12. The number of aryl methyl sites for hydroxylation is 1. The number of rotatable bonds is 5. The quantitative estimate of drug-likeness (QED) is 0.689. The highest BCUT2D eigenvalue weighted by atomic mass is 16.3. The third kappa shape index (κ3) is 4.65. The van der Waals surface area contributed by atoms with Crippen LogP contribution in [0.25, 0.3) is 0 Å². The van der Waals surface area contributed by atoms with Crippen molar-refractivity contribution >= 4 is 11.4 Å². The molecule has 1 unspecified atom stereocenters. The van der Waals surface area contributed by atoms with Crippen molar-refractivity contribution in [2.75, 3.05) is 17.6 Å². The molecule has 0 saturated heterocycles. The number of hydrogen-bond donors (Lipinski definition) is 3. The SMILES string of the molecule is Cc1ccc(NCC(C)(O)CC(C)C)cc1N. The Morgan fingerprint density at radius 1 is 1.41 bits per heavy atom. The lowest BCUT2D eigenvalue weighted by Gasteiger charge is -2.26. The summed E-state index contributed by atoms with van der Waals surface area (Å²) in [6, 6.07) is 5.87. The smallest absolute Gasteiger partial charge is 0.0793 e. The highest BCUT2D eigenvalue weighted by Gasteiger charge is 2.21. The maximum absolute atomic E-state index is 10.2. The number of nitrogen functional groups attached to an aromatic ring is 1. The van der Waals surface area contributed by atoms with Crippen LogP contribution in [0.15, 0.2) is 18.2 Å². The second-order valence-electron chi connectivity index (χ2n) is 5.52. The zero-order valence-electron chi connectivity index (χ0n) is 11.2. The van der Waals surface area contributed by atoms with Crippen LogP contribution in [0.4, 0.5) is 11.4 Å². The van der Waals surface area contributed by atoms with Crippen molar-refractivity contribution in [2.45, 2.75) is 39.7 Å². The van der Waals surface area contributed by atoms with E-state index < -0.39 is 5.60 Å². The highest BCUT2D eigenvalue weighted by molar-refractivity contribution is 5.58. The molecular formula is C14H24N2O. The van der Waals surface area contributed by atoms with Gasteiger partial charge in [-0.1, -0.05) is 19.9 Å². The van der Waals surface area contributed by atoms with Crippen molar-refractivity contribution < 1.29 is 5.11 Å². The number of aliphatic hydroxyl groups is 1. The van der Waals surface area contributed by atoms with E-state index in [0.29, 0.717) is 12.5 Å². The van der Waals surface area contributed by atoms with Gasteiger partial charge >= 0.3 is 0 Å². The Morgan fingerprint density at radius 3 is 2.59 bits per heavy atom. The first-order valence-corrected chi connectivity index (χ1v) is 6.12. The van der Waals surface area contributed by atoms with Gasteiger partial charge in [0.2, 0.25) is 0 Å². The molecular weight excluding hydrogens is 212 g/mol. The van der Waals surface area contributed by atoms with Gasteiger partial charge in [0.1, 0.15) is 0 Å². The molecule has 0 radical (unpaired) electrons. The average Bonchev–Trinajstić information content (AvgIpc) is 2.18. The molecule has 1 aromatic rings. The minimum Gasteiger partial charge on any atom is -0.398 e.